The normalized spacial score (nSPS) is 12.5. The summed E-state index contributed by atoms with van der Waals surface area (Å²) in [5.41, 5.74) is 9.03. The second-order valence-electron chi connectivity index (χ2n) is 5.22. The molecule has 3 heteroatoms. The molecule has 2 aromatic carbocycles. The van der Waals surface area contributed by atoms with E-state index in [-0.39, 0.29) is 12.1 Å². The highest BCUT2D eigenvalue weighted by atomic mass is 35.5. The fourth-order valence-corrected chi connectivity index (χ4v) is 2.43. The molecule has 0 aliphatic carbocycles. The Morgan fingerprint density at radius 2 is 1.55 bits per heavy atom. The third-order valence-electron chi connectivity index (χ3n) is 3.05. The van der Waals surface area contributed by atoms with Crippen LogP contribution in [0.3, 0.4) is 0 Å². The molecule has 2 N–H and O–H groups in total. The van der Waals surface area contributed by atoms with Crippen molar-refractivity contribution in [2.24, 2.45) is 5.73 Å². The summed E-state index contributed by atoms with van der Waals surface area (Å²) in [5.74, 6) is 0.877. The van der Waals surface area contributed by atoms with Gasteiger partial charge in [0, 0.05) is 11.1 Å². The van der Waals surface area contributed by atoms with Crippen LogP contribution in [0.5, 0.6) is 5.75 Å². The van der Waals surface area contributed by atoms with Crippen molar-refractivity contribution < 1.29 is 4.74 Å². The number of hydrogen-bond acceptors (Lipinski definition) is 2. The van der Waals surface area contributed by atoms with Gasteiger partial charge in [0.05, 0.1) is 6.10 Å². The first kappa shape index (κ1) is 14.9. The van der Waals surface area contributed by atoms with Crippen molar-refractivity contribution in [2.45, 2.75) is 32.9 Å². The number of ether oxygens (including phenoxy) is 1. The second kappa shape index (κ2) is 6.29. The third kappa shape index (κ3) is 3.53. The molecule has 0 aromatic heterocycles. The molecule has 2 nitrogen and oxygen atoms in total. The van der Waals surface area contributed by atoms with E-state index in [1.165, 1.54) is 0 Å². The molecule has 0 aliphatic rings. The summed E-state index contributed by atoms with van der Waals surface area (Å²) in [4.78, 5) is 0. The SMILES string of the molecule is CC(C)Oc1ccc(-c2ccc(C(C)N)c(Cl)c2)cc1. The molecule has 0 saturated carbocycles. The fraction of sp³-hybridized carbons (Fsp3) is 0.294. The molecule has 0 aliphatic heterocycles. The van der Waals surface area contributed by atoms with Crippen LogP contribution in [-0.2, 0) is 0 Å². The Morgan fingerprint density at radius 1 is 0.950 bits per heavy atom. The Kier molecular flexibility index (Phi) is 4.69. The zero-order chi connectivity index (χ0) is 14.7. The maximum Gasteiger partial charge on any atom is 0.119 e. The summed E-state index contributed by atoms with van der Waals surface area (Å²) < 4.78 is 5.64. The third-order valence-corrected chi connectivity index (χ3v) is 3.38. The molecule has 0 saturated heterocycles. The molecule has 2 aromatic rings. The lowest BCUT2D eigenvalue weighted by atomic mass is 10.0. The summed E-state index contributed by atoms with van der Waals surface area (Å²) in [6.07, 6.45) is 0.181. The molecule has 0 fully saturated rings. The van der Waals surface area contributed by atoms with Gasteiger partial charge in [-0.1, -0.05) is 35.9 Å². The average molecular weight is 290 g/mol. The monoisotopic (exact) mass is 289 g/mol. The Morgan fingerprint density at radius 3 is 2.05 bits per heavy atom. The van der Waals surface area contributed by atoms with Crippen molar-refractivity contribution in [2.75, 3.05) is 0 Å². The summed E-state index contributed by atoms with van der Waals surface area (Å²) in [7, 11) is 0. The van der Waals surface area contributed by atoms with E-state index in [1.807, 2.05) is 63.2 Å². The molecule has 1 unspecified atom stereocenters. The van der Waals surface area contributed by atoms with Crippen LogP contribution in [0.2, 0.25) is 5.02 Å². The molecule has 0 amide bonds. The van der Waals surface area contributed by atoms with Gasteiger partial charge in [0.1, 0.15) is 5.75 Å². The van der Waals surface area contributed by atoms with Crippen molar-refractivity contribution >= 4 is 11.6 Å². The van der Waals surface area contributed by atoms with E-state index >= 15 is 0 Å². The highest BCUT2D eigenvalue weighted by Gasteiger charge is 2.07. The molecule has 0 heterocycles. The Hall–Kier alpha value is -1.51. The first-order valence-electron chi connectivity index (χ1n) is 6.79. The zero-order valence-corrected chi connectivity index (χ0v) is 12.8. The van der Waals surface area contributed by atoms with Crippen LogP contribution in [0, 0.1) is 0 Å². The van der Waals surface area contributed by atoms with E-state index in [1.54, 1.807) is 0 Å². The van der Waals surface area contributed by atoms with Gasteiger partial charge in [-0.3, -0.25) is 0 Å². The maximum absolute atomic E-state index is 6.27. The number of hydrogen-bond donors (Lipinski definition) is 1. The first-order valence-corrected chi connectivity index (χ1v) is 7.17. The maximum atomic E-state index is 6.27. The summed E-state index contributed by atoms with van der Waals surface area (Å²) in [6, 6.07) is 14.0. The fourth-order valence-electron chi connectivity index (χ4n) is 2.07. The average Bonchev–Trinajstić information content (AvgIpc) is 2.38. The number of nitrogens with two attached hydrogens (primary N) is 1. The van der Waals surface area contributed by atoms with Crippen LogP contribution in [0.4, 0.5) is 0 Å². The van der Waals surface area contributed by atoms with Gasteiger partial charge < -0.3 is 10.5 Å². The van der Waals surface area contributed by atoms with Crippen LogP contribution >= 0.6 is 11.6 Å². The topological polar surface area (TPSA) is 35.2 Å². The molecule has 1 atom stereocenters. The van der Waals surface area contributed by atoms with Crippen LogP contribution in [0.1, 0.15) is 32.4 Å². The summed E-state index contributed by atoms with van der Waals surface area (Å²) in [5, 5.41) is 0.708. The van der Waals surface area contributed by atoms with Crippen LogP contribution < -0.4 is 10.5 Å². The number of benzene rings is 2. The van der Waals surface area contributed by atoms with Crippen molar-refractivity contribution in [3.05, 3.63) is 53.1 Å². The highest BCUT2D eigenvalue weighted by Crippen LogP contribution is 2.29. The Balaban J connectivity index is 2.25. The van der Waals surface area contributed by atoms with Crippen molar-refractivity contribution in [3.63, 3.8) is 0 Å². The molecule has 2 rings (SSSR count). The van der Waals surface area contributed by atoms with Gasteiger partial charge in [-0.15, -0.1) is 0 Å². The van der Waals surface area contributed by atoms with Crippen molar-refractivity contribution in [1.82, 2.24) is 0 Å². The zero-order valence-electron chi connectivity index (χ0n) is 12.1. The van der Waals surface area contributed by atoms with Crippen LogP contribution in [0.25, 0.3) is 11.1 Å². The van der Waals surface area contributed by atoms with E-state index in [0.29, 0.717) is 5.02 Å². The number of rotatable bonds is 4. The van der Waals surface area contributed by atoms with Gasteiger partial charge in [0.2, 0.25) is 0 Å². The summed E-state index contributed by atoms with van der Waals surface area (Å²) >= 11 is 6.27. The van der Waals surface area contributed by atoms with Gasteiger partial charge in [-0.25, -0.2) is 0 Å². The predicted octanol–water partition coefficient (Wildman–Crippen LogP) is 4.81. The van der Waals surface area contributed by atoms with Crippen LogP contribution in [-0.4, -0.2) is 6.10 Å². The molecule has 0 spiro atoms. The minimum absolute atomic E-state index is 0.0571. The molecule has 0 radical (unpaired) electrons. The number of halogens is 1. The van der Waals surface area contributed by atoms with E-state index in [2.05, 4.69) is 0 Å². The molecular weight excluding hydrogens is 270 g/mol. The standard InChI is InChI=1S/C17H20ClNO/c1-11(2)20-15-7-4-13(5-8-15)14-6-9-16(12(3)19)17(18)10-14/h4-12H,19H2,1-3H3. The Bertz CT molecular complexity index is 576. The highest BCUT2D eigenvalue weighted by molar-refractivity contribution is 6.31. The molecular formula is C17H20ClNO. The molecule has 20 heavy (non-hydrogen) atoms. The lowest BCUT2D eigenvalue weighted by Crippen LogP contribution is -2.05. The molecule has 0 bridgehead atoms. The minimum Gasteiger partial charge on any atom is -0.491 e. The summed E-state index contributed by atoms with van der Waals surface area (Å²) in [6.45, 7) is 5.96. The van der Waals surface area contributed by atoms with Gasteiger partial charge >= 0.3 is 0 Å². The van der Waals surface area contributed by atoms with E-state index in [9.17, 15) is 0 Å². The van der Waals surface area contributed by atoms with E-state index in [0.717, 1.165) is 22.4 Å². The van der Waals surface area contributed by atoms with E-state index in [4.69, 9.17) is 22.1 Å². The molecule has 106 valence electrons. The van der Waals surface area contributed by atoms with Crippen molar-refractivity contribution in [1.29, 1.82) is 0 Å². The van der Waals surface area contributed by atoms with Gasteiger partial charge in [-0.2, -0.15) is 0 Å². The largest absolute Gasteiger partial charge is 0.491 e. The first-order chi connectivity index (χ1) is 9.47. The van der Waals surface area contributed by atoms with Crippen molar-refractivity contribution in [3.8, 4) is 16.9 Å². The van der Waals surface area contributed by atoms with E-state index < -0.39 is 0 Å². The predicted molar refractivity (Wildman–Crippen MR) is 85.3 cm³/mol. The lowest BCUT2D eigenvalue weighted by Gasteiger charge is -2.12. The lowest BCUT2D eigenvalue weighted by molar-refractivity contribution is 0.242. The Labute approximate surface area is 125 Å². The quantitative estimate of drug-likeness (QED) is 0.876. The second-order valence-corrected chi connectivity index (χ2v) is 5.62. The van der Waals surface area contributed by atoms with Gasteiger partial charge in [0.15, 0.2) is 0 Å². The minimum atomic E-state index is -0.0571. The van der Waals surface area contributed by atoms with Crippen LogP contribution in [0.15, 0.2) is 42.5 Å². The smallest absolute Gasteiger partial charge is 0.119 e. The van der Waals surface area contributed by atoms with Gasteiger partial charge in [-0.05, 0) is 55.7 Å². The van der Waals surface area contributed by atoms with Gasteiger partial charge in [0.25, 0.3) is 0 Å².